The van der Waals surface area contributed by atoms with E-state index >= 15 is 0 Å². The van der Waals surface area contributed by atoms with E-state index in [2.05, 4.69) is 35.4 Å². The van der Waals surface area contributed by atoms with Gasteiger partial charge in [-0.15, -0.1) is 0 Å². The van der Waals surface area contributed by atoms with Gasteiger partial charge in [0.1, 0.15) is 0 Å². The Labute approximate surface area is 107 Å². The van der Waals surface area contributed by atoms with Crippen molar-refractivity contribution in [2.24, 2.45) is 0 Å². The van der Waals surface area contributed by atoms with E-state index < -0.39 is 0 Å². The number of oxazole rings is 1. The molecule has 0 amide bonds. The molecule has 0 spiro atoms. The van der Waals surface area contributed by atoms with Gasteiger partial charge in [-0.1, -0.05) is 31.2 Å². The molecule has 0 atom stereocenters. The van der Waals surface area contributed by atoms with Gasteiger partial charge in [-0.2, -0.15) is 0 Å². The van der Waals surface area contributed by atoms with Gasteiger partial charge in [-0.05, 0) is 24.8 Å². The largest absolute Gasteiger partial charge is 0.439 e. The first-order chi connectivity index (χ1) is 8.86. The Morgan fingerprint density at radius 3 is 2.94 bits per heavy atom. The summed E-state index contributed by atoms with van der Waals surface area (Å²) < 4.78 is 5.82. The van der Waals surface area contributed by atoms with E-state index in [4.69, 9.17) is 4.42 Å². The highest BCUT2D eigenvalue weighted by Gasteiger charge is 2.21. The van der Waals surface area contributed by atoms with Crippen molar-refractivity contribution >= 4 is 0 Å². The van der Waals surface area contributed by atoms with Gasteiger partial charge in [0.25, 0.3) is 0 Å². The van der Waals surface area contributed by atoms with Crippen LogP contribution >= 0.6 is 0 Å². The lowest BCUT2D eigenvalue weighted by atomic mass is 10.0. The van der Waals surface area contributed by atoms with Crippen molar-refractivity contribution in [2.45, 2.75) is 38.8 Å². The van der Waals surface area contributed by atoms with Gasteiger partial charge in [-0.3, -0.25) is 0 Å². The van der Waals surface area contributed by atoms with Gasteiger partial charge >= 0.3 is 0 Å². The van der Waals surface area contributed by atoms with Crippen LogP contribution in [0.2, 0.25) is 0 Å². The molecule has 1 aromatic carbocycles. The summed E-state index contributed by atoms with van der Waals surface area (Å²) in [5.74, 6) is 1.66. The van der Waals surface area contributed by atoms with E-state index in [-0.39, 0.29) is 0 Å². The minimum Gasteiger partial charge on any atom is -0.439 e. The van der Waals surface area contributed by atoms with Gasteiger partial charge in [0, 0.05) is 11.6 Å². The number of nitrogens with zero attached hydrogens (tertiary/aromatic N) is 1. The van der Waals surface area contributed by atoms with Crippen LogP contribution in [0.15, 0.2) is 34.9 Å². The topological polar surface area (TPSA) is 38.1 Å². The molecule has 1 heterocycles. The zero-order valence-corrected chi connectivity index (χ0v) is 10.6. The Morgan fingerprint density at radius 2 is 2.17 bits per heavy atom. The number of benzene rings is 1. The second kappa shape index (κ2) is 4.94. The van der Waals surface area contributed by atoms with E-state index in [1.54, 1.807) is 0 Å². The predicted octanol–water partition coefficient (Wildman–Crippen LogP) is 3.16. The maximum atomic E-state index is 5.82. The van der Waals surface area contributed by atoms with E-state index in [9.17, 15) is 0 Å². The van der Waals surface area contributed by atoms with Crippen molar-refractivity contribution in [1.82, 2.24) is 10.3 Å². The second-order valence-corrected chi connectivity index (χ2v) is 4.78. The van der Waals surface area contributed by atoms with Crippen LogP contribution in [0, 0.1) is 0 Å². The fourth-order valence-electron chi connectivity index (χ4n) is 2.10. The summed E-state index contributed by atoms with van der Waals surface area (Å²) in [5, 5.41) is 3.41. The third-order valence-electron chi connectivity index (χ3n) is 3.34. The quantitative estimate of drug-likeness (QED) is 0.875. The Morgan fingerprint density at radius 1 is 1.33 bits per heavy atom. The average molecular weight is 242 g/mol. The van der Waals surface area contributed by atoms with E-state index in [0.29, 0.717) is 6.04 Å². The van der Waals surface area contributed by atoms with Crippen molar-refractivity contribution in [3.05, 3.63) is 41.9 Å². The van der Waals surface area contributed by atoms with Gasteiger partial charge in [0.15, 0.2) is 5.76 Å². The van der Waals surface area contributed by atoms with Crippen LogP contribution in [0.4, 0.5) is 0 Å². The fourth-order valence-corrected chi connectivity index (χ4v) is 2.10. The molecule has 0 unspecified atom stereocenters. The predicted molar refractivity (Wildman–Crippen MR) is 71.2 cm³/mol. The highest BCUT2D eigenvalue weighted by molar-refractivity contribution is 5.61. The molecule has 1 aromatic heterocycles. The van der Waals surface area contributed by atoms with Crippen molar-refractivity contribution in [3.63, 3.8) is 0 Å². The number of hydrogen-bond acceptors (Lipinski definition) is 3. The molecule has 3 rings (SSSR count). The minimum absolute atomic E-state index is 0.684. The van der Waals surface area contributed by atoms with Gasteiger partial charge in [-0.25, -0.2) is 4.98 Å². The van der Waals surface area contributed by atoms with Crippen LogP contribution in [-0.4, -0.2) is 11.0 Å². The third kappa shape index (κ3) is 2.46. The summed E-state index contributed by atoms with van der Waals surface area (Å²) in [5.41, 5.74) is 2.46. The van der Waals surface area contributed by atoms with E-state index in [0.717, 1.165) is 30.2 Å². The summed E-state index contributed by atoms with van der Waals surface area (Å²) in [4.78, 5) is 4.34. The Balaban J connectivity index is 1.78. The van der Waals surface area contributed by atoms with Crippen molar-refractivity contribution in [1.29, 1.82) is 0 Å². The zero-order chi connectivity index (χ0) is 12.4. The summed E-state index contributed by atoms with van der Waals surface area (Å²) in [6, 6.07) is 9.02. The first-order valence-electron chi connectivity index (χ1n) is 6.63. The number of aryl methyl sites for hydroxylation is 1. The van der Waals surface area contributed by atoms with Crippen LogP contribution in [0.5, 0.6) is 0 Å². The molecule has 0 aliphatic heterocycles. The van der Waals surface area contributed by atoms with Crippen LogP contribution in [0.3, 0.4) is 0 Å². The highest BCUT2D eigenvalue weighted by Crippen LogP contribution is 2.25. The normalized spacial score (nSPS) is 14.9. The molecule has 0 saturated heterocycles. The van der Waals surface area contributed by atoms with Crippen molar-refractivity contribution < 1.29 is 4.42 Å². The van der Waals surface area contributed by atoms with Crippen molar-refractivity contribution in [3.8, 4) is 11.3 Å². The molecular formula is C15H18N2O. The minimum atomic E-state index is 0.684. The van der Waals surface area contributed by atoms with Crippen LogP contribution in [0.25, 0.3) is 11.3 Å². The standard InChI is InChI=1S/C15H18N2O/c1-2-11-5-3-4-6-13(11)14-9-17-15(18-14)10-16-12-7-8-12/h3-6,9,12,16H,2,7-8,10H2,1H3. The third-order valence-corrected chi connectivity index (χ3v) is 3.34. The second-order valence-electron chi connectivity index (χ2n) is 4.78. The monoisotopic (exact) mass is 242 g/mol. The molecule has 2 aromatic rings. The first-order valence-corrected chi connectivity index (χ1v) is 6.63. The lowest BCUT2D eigenvalue weighted by Gasteiger charge is -2.03. The molecule has 3 heteroatoms. The lowest BCUT2D eigenvalue weighted by Crippen LogP contribution is -2.15. The van der Waals surface area contributed by atoms with Crippen molar-refractivity contribution in [2.75, 3.05) is 0 Å². The van der Waals surface area contributed by atoms with Gasteiger partial charge in [0.05, 0.1) is 12.7 Å². The lowest BCUT2D eigenvalue weighted by molar-refractivity contribution is 0.476. The summed E-state index contributed by atoms with van der Waals surface area (Å²) >= 11 is 0. The maximum absolute atomic E-state index is 5.82. The number of rotatable bonds is 5. The summed E-state index contributed by atoms with van der Waals surface area (Å²) in [7, 11) is 0. The smallest absolute Gasteiger partial charge is 0.208 e. The van der Waals surface area contributed by atoms with Crippen LogP contribution in [-0.2, 0) is 13.0 Å². The van der Waals surface area contributed by atoms with Gasteiger partial charge < -0.3 is 9.73 Å². The Kier molecular flexibility index (Phi) is 3.15. The molecule has 18 heavy (non-hydrogen) atoms. The molecule has 1 aliphatic rings. The number of hydrogen-bond donors (Lipinski definition) is 1. The van der Waals surface area contributed by atoms with Crippen LogP contribution in [0.1, 0.15) is 31.2 Å². The van der Waals surface area contributed by atoms with E-state index in [1.165, 1.54) is 18.4 Å². The fraction of sp³-hybridized carbons (Fsp3) is 0.400. The average Bonchev–Trinajstić information content (AvgIpc) is 3.13. The maximum Gasteiger partial charge on any atom is 0.208 e. The molecular weight excluding hydrogens is 224 g/mol. The highest BCUT2D eigenvalue weighted by atomic mass is 16.4. The Bertz CT molecular complexity index is 529. The zero-order valence-electron chi connectivity index (χ0n) is 10.6. The summed E-state index contributed by atoms with van der Waals surface area (Å²) in [6.45, 7) is 2.89. The Hall–Kier alpha value is -1.61. The molecule has 1 N–H and O–H groups in total. The molecule has 1 aliphatic carbocycles. The first kappa shape index (κ1) is 11.5. The molecule has 3 nitrogen and oxygen atoms in total. The molecule has 1 saturated carbocycles. The molecule has 94 valence electrons. The molecule has 0 bridgehead atoms. The molecule has 1 fully saturated rings. The summed E-state index contributed by atoms with van der Waals surface area (Å²) in [6.07, 6.45) is 5.41. The number of nitrogens with one attached hydrogen (secondary N) is 1. The van der Waals surface area contributed by atoms with E-state index in [1.807, 2.05) is 12.3 Å². The SMILES string of the molecule is CCc1ccccc1-c1cnc(CNC2CC2)o1. The van der Waals surface area contributed by atoms with Crippen LogP contribution < -0.4 is 5.32 Å². The molecule has 0 radical (unpaired) electrons. The van der Waals surface area contributed by atoms with Gasteiger partial charge in [0.2, 0.25) is 5.89 Å². The number of aromatic nitrogens is 1.